The molecule has 2 aromatic rings. The molecule has 134 valence electrons. The zero-order valence-electron chi connectivity index (χ0n) is 13.4. The van der Waals surface area contributed by atoms with Crippen molar-refractivity contribution < 1.29 is 14.1 Å². The van der Waals surface area contributed by atoms with Crippen LogP contribution in [-0.2, 0) is 4.94 Å². The van der Waals surface area contributed by atoms with E-state index < -0.39 is 11.7 Å². The van der Waals surface area contributed by atoms with Crippen molar-refractivity contribution in [2.45, 2.75) is 0 Å². The number of amidine groups is 1. The Bertz CT molecular complexity index is 871. The van der Waals surface area contributed by atoms with Gasteiger partial charge in [-0.3, -0.25) is 10.2 Å². The topological polar surface area (TPSA) is 113 Å². The van der Waals surface area contributed by atoms with Gasteiger partial charge in [-0.25, -0.2) is 4.39 Å². The SMILES string of the molecule is C=C(NC(=O)c1ccccc1)/C(=N\ON)C(=N)Nc1ccc(F)c(Br)c1. The van der Waals surface area contributed by atoms with E-state index in [2.05, 4.69) is 43.2 Å². The molecule has 9 heteroatoms. The molecule has 0 heterocycles. The molecule has 0 fully saturated rings. The van der Waals surface area contributed by atoms with Crippen LogP contribution in [0.15, 0.2) is 70.4 Å². The van der Waals surface area contributed by atoms with Gasteiger partial charge in [0.1, 0.15) is 5.82 Å². The van der Waals surface area contributed by atoms with Gasteiger partial charge in [0.25, 0.3) is 5.91 Å². The van der Waals surface area contributed by atoms with Crippen molar-refractivity contribution in [2.24, 2.45) is 11.1 Å². The van der Waals surface area contributed by atoms with E-state index in [1.807, 2.05) is 0 Å². The minimum atomic E-state index is -0.444. The average molecular weight is 420 g/mol. The molecule has 0 aromatic heterocycles. The van der Waals surface area contributed by atoms with E-state index in [1.165, 1.54) is 18.2 Å². The maximum absolute atomic E-state index is 13.3. The van der Waals surface area contributed by atoms with Crippen LogP contribution in [0.1, 0.15) is 10.4 Å². The number of benzene rings is 2. The fourth-order valence-corrected chi connectivity index (χ4v) is 2.32. The van der Waals surface area contributed by atoms with Crippen LogP contribution in [-0.4, -0.2) is 17.5 Å². The zero-order valence-corrected chi connectivity index (χ0v) is 15.0. The Kier molecular flexibility index (Phi) is 6.59. The number of nitrogens with two attached hydrogens (primary N) is 1. The number of anilines is 1. The summed E-state index contributed by atoms with van der Waals surface area (Å²) in [7, 11) is 0. The monoisotopic (exact) mass is 419 g/mol. The predicted molar refractivity (Wildman–Crippen MR) is 101 cm³/mol. The van der Waals surface area contributed by atoms with E-state index >= 15 is 0 Å². The van der Waals surface area contributed by atoms with E-state index in [1.54, 1.807) is 30.3 Å². The van der Waals surface area contributed by atoms with Gasteiger partial charge in [-0.2, -0.15) is 0 Å². The molecule has 0 saturated carbocycles. The number of carbonyl (C=O) groups excluding carboxylic acids is 1. The molecule has 0 unspecified atom stereocenters. The molecule has 2 rings (SSSR count). The van der Waals surface area contributed by atoms with Gasteiger partial charge in [0.05, 0.1) is 10.2 Å². The summed E-state index contributed by atoms with van der Waals surface area (Å²) in [6.07, 6.45) is 0. The van der Waals surface area contributed by atoms with Crippen molar-refractivity contribution in [2.75, 3.05) is 5.32 Å². The van der Waals surface area contributed by atoms with Crippen molar-refractivity contribution >= 4 is 39.1 Å². The van der Waals surface area contributed by atoms with E-state index in [4.69, 9.17) is 11.3 Å². The summed E-state index contributed by atoms with van der Waals surface area (Å²) >= 11 is 3.06. The molecule has 0 aliphatic rings. The minimum Gasteiger partial charge on any atom is -0.339 e. The molecule has 26 heavy (non-hydrogen) atoms. The molecular weight excluding hydrogens is 405 g/mol. The van der Waals surface area contributed by atoms with Gasteiger partial charge in [0.15, 0.2) is 11.5 Å². The second-order valence-corrected chi connectivity index (χ2v) is 5.83. The predicted octanol–water partition coefficient (Wildman–Crippen LogP) is 3.17. The highest BCUT2D eigenvalue weighted by molar-refractivity contribution is 9.10. The third kappa shape index (κ3) is 4.98. The van der Waals surface area contributed by atoms with Gasteiger partial charge in [0.2, 0.25) is 0 Å². The van der Waals surface area contributed by atoms with E-state index in [0.29, 0.717) is 11.3 Å². The summed E-state index contributed by atoms with van der Waals surface area (Å²) in [4.78, 5) is 16.4. The molecule has 5 N–H and O–H groups in total. The fourth-order valence-electron chi connectivity index (χ4n) is 1.94. The zero-order chi connectivity index (χ0) is 19.1. The Morgan fingerprint density at radius 2 is 1.96 bits per heavy atom. The average Bonchev–Trinajstić information content (AvgIpc) is 2.63. The second kappa shape index (κ2) is 8.88. The molecule has 0 spiro atoms. The molecule has 0 bridgehead atoms. The number of hydrogen-bond donors (Lipinski definition) is 4. The highest BCUT2D eigenvalue weighted by Gasteiger charge is 2.17. The van der Waals surface area contributed by atoms with E-state index in [0.717, 1.165) is 0 Å². The van der Waals surface area contributed by atoms with Crippen molar-refractivity contribution in [3.63, 3.8) is 0 Å². The molecule has 0 atom stereocenters. The van der Waals surface area contributed by atoms with Crippen LogP contribution >= 0.6 is 15.9 Å². The smallest absolute Gasteiger partial charge is 0.255 e. The summed E-state index contributed by atoms with van der Waals surface area (Å²) in [5, 5.41) is 16.8. The number of carbonyl (C=O) groups is 1. The number of amides is 1. The Balaban J connectivity index is 2.12. The number of nitrogens with one attached hydrogen (secondary N) is 3. The second-order valence-electron chi connectivity index (χ2n) is 4.97. The molecule has 0 radical (unpaired) electrons. The van der Waals surface area contributed by atoms with Crippen LogP contribution < -0.4 is 16.5 Å². The summed E-state index contributed by atoms with van der Waals surface area (Å²) in [6, 6.07) is 12.5. The first-order valence-electron chi connectivity index (χ1n) is 7.23. The van der Waals surface area contributed by atoms with E-state index in [-0.39, 0.29) is 21.7 Å². The normalized spacial score (nSPS) is 10.8. The first kappa shape index (κ1) is 19.3. The third-order valence-electron chi connectivity index (χ3n) is 3.16. The van der Waals surface area contributed by atoms with Crippen molar-refractivity contribution in [1.29, 1.82) is 5.41 Å². The van der Waals surface area contributed by atoms with Gasteiger partial charge in [-0.1, -0.05) is 29.9 Å². The number of halogens is 2. The van der Waals surface area contributed by atoms with Crippen molar-refractivity contribution in [3.05, 3.63) is 76.7 Å². The van der Waals surface area contributed by atoms with Gasteiger partial charge in [-0.05, 0) is 46.3 Å². The third-order valence-corrected chi connectivity index (χ3v) is 3.76. The molecule has 2 aromatic carbocycles. The quantitative estimate of drug-likeness (QED) is 0.327. The molecule has 0 aliphatic carbocycles. The molecule has 0 saturated heterocycles. The summed E-state index contributed by atoms with van der Waals surface area (Å²) in [6.45, 7) is 3.69. The summed E-state index contributed by atoms with van der Waals surface area (Å²) < 4.78 is 13.5. The maximum Gasteiger partial charge on any atom is 0.255 e. The van der Waals surface area contributed by atoms with Crippen LogP contribution in [0.25, 0.3) is 0 Å². The fraction of sp³-hybridized carbons (Fsp3) is 0. The first-order valence-corrected chi connectivity index (χ1v) is 8.02. The van der Waals surface area contributed by atoms with Crippen LogP contribution in [0.4, 0.5) is 10.1 Å². The lowest BCUT2D eigenvalue weighted by Crippen LogP contribution is -2.33. The van der Waals surface area contributed by atoms with Gasteiger partial charge >= 0.3 is 0 Å². The molecule has 1 amide bonds. The number of oxime groups is 1. The van der Waals surface area contributed by atoms with Gasteiger partial charge in [-0.15, -0.1) is 5.90 Å². The van der Waals surface area contributed by atoms with Crippen molar-refractivity contribution in [1.82, 2.24) is 5.32 Å². The lowest BCUT2D eigenvalue weighted by atomic mass is 10.2. The van der Waals surface area contributed by atoms with Crippen LogP contribution in [0.2, 0.25) is 0 Å². The summed E-state index contributed by atoms with van der Waals surface area (Å²) in [5.74, 6) is 3.83. The van der Waals surface area contributed by atoms with Crippen LogP contribution in [0, 0.1) is 11.2 Å². The number of nitrogens with zero attached hydrogens (tertiary/aromatic N) is 1. The van der Waals surface area contributed by atoms with Gasteiger partial charge < -0.3 is 15.6 Å². The van der Waals surface area contributed by atoms with Gasteiger partial charge in [0, 0.05) is 11.3 Å². The highest BCUT2D eigenvalue weighted by atomic mass is 79.9. The van der Waals surface area contributed by atoms with Crippen molar-refractivity contribution in [3.8, 4) is 0 Å². The highest BCUT2D eigenvalue weighted by Crippen LogP contribution is 2.20. The molecular formula is C17H15BrFN5O2. The standard InChI is InChI=1S/C17H15BrFN5O2/c1-10(22-17(25)11-5-3-2-4-6-11)15(24-26-21)16(20)23-12-7-8-14(19)13(18)9-12/h2-9H,1,21H2,(H2,20,23)(H,22,25)/b24-15+. The Morgan fingerprint density at radius 3 is 2.58 bits per heavy atom. The van der Waals surface area contributed by atoms with E-state index in [9.17, 15) is 9.18 Å². The molecule has 7 nitrogen and oxygen atoms in total. The minimum absolute atomic E-state index is 0.00276. The van der Waals surface area contributed by atoms with Crippen LogP contribution in [0.5, 0.6) is 0 Å². The Hall–Kier alpha value is -3.04. The Morgan fingerprint density at radius 1 is 1.27 bits per heavy atom. The largest absolute Gasteiger partial charge is 0.339 e. The first-order chi connectivity index (χ1) is 12.4. The Labute approximate surface area is 157 Å². The lowest BCUT2D eigenvalue weighted by Gasteiger charge is -2.13. The number of rotatable bonds is 6. The number of hydrogen-bond acceptors (Lipinski definition) is 5. The molecule has 0 aliphatic heterocycles. The maximum atomic E-state index is 13.3. The van der Waals surface area contributed by atoms with Crippen LogP contribution in [0.3, 0.4) is 0 Å². The summed E-state index contributed by atoms with van der Waals surface area (Å²) in [5.41, 5.74) is 0.694. The lowest BCUT2D eigenvalue weighted by molar-refractivity contribution is 0.0967.